The summed E-state index contributed by atoms with van der Waals surface area (Å²) in [7, 11) is 3.92. The van der Waals surface area contributed by atoms with E-state index in [-0.39, 0.29) is 66.5 Å². The van der Waals surface area contributed by atoms with Crippen LogP contribution < -0.4 is 11.3 Å². The van der Waals surface area contributed by atoms with Crippen LogP contribution >= 0.6 is 12.4 Å². The fourth-order valence-electron chi connectivity index (χ4n) is 3.56. The van der Waals surface area contributed by atoms with Gasteiger partial charge in [0.05, 0.1) is 12.9 Å². The van der Waals surface area contributed by atoms with E-state index in [1.807, 2.05) is 19.0 Å². The molecule has 10 nitrogen and oxygen atoms in total. The summed E-state index contributed by atoms with van der Waals surface area (Å²) in [5.41, 5.74) is 5.86. The Kier molecular flexibility index (Phi) is 7.39. The Labute approximate surface area is 168 Å². The van der Waals surface area contributed by atoms with Crippen LogP contribution in [0.2, 0.25) is 0 Å². The highest BCUT2D eigenvalue weighted by Gasteiger charge is 2.43. The number of nitrogen functional groups attached to an aromatic ring is 1. The molecule has 0 aromatic carbocycles. The minimum Gasteiger partial charge on any atom is -0.465 e. The molecule has 0 unspecified atom stereocenters. The Bertz CT molecular complexity index is 867. The monoisotopic (exact) mass is 414 g/mol. The third-order valence-electron chi connectivity index (χ3n) is 5.11. The van der Waals surface area contributed by atoms with Gasteiger partial charge in [-0.25, -0.2) is 4.98 Å². The number of carbonyl (C=O) groups excluding carboxylic acids is 1. The first-order chi connectivity index (χ1) is 12.9. The maximum atomic E-state index is 11.9. The third kappa shape index (κ3) is 4.62. The molecule has 1 fully saturated rings. The Morgan fingerprint density at radius 1 is 1.50 bits per heavy atom. The number of hydrogen-bond acceptors (Lipinski definition) is 8. The van der Waals surface area contributed by atoms with Gasteiger partial charge in [-0.3, -0.25) is 14.6 Å². The molecule has 11 heteroatoms. The lowest BCUT2D eigenvalue weighted by Gasteiger charge is -2.44. The average Bonchev–Trinajstić information content (AvgIpc) is 2.97. The second-order valence-electron chi connectivity index (χ2n) is 7.27. The summed E-state index contributed by atoms with van der Waals surface area (Å²) in [4.78, 5) is 36.5. The molecule has 0 aliphatic heterocycles. The van der Waals surface area contributed by atoms with E-state index in [9.17, 15) is 14.7 Å². The Balaban J connectivity index is 0.00000280. The number of imidazole rings is 1. The Hall–Kier alpha value is -2.17. The molecule has 2 aromatic rings. The number of anilines is 1. The lowest BCUT2D eigenvalue weighted by Crippen LogP contribution is -2.43. The Morgan fingerprint density at radius 3 is 2.93 bits per heavy atom. The number of halogens is 1. The first-order valence-corrected chi connectivity index (χ1v) is 9.04. The van der Waals surface area contributed by atoms with Crippen LogP contribution in [0, 0.1) is 11.8 Å². The van der Waals surface area contributed by atoms with Crippen molar-refractivity contribution in [3.8, 4) is 0 Å². The highest BCUT2D eigenvalue weighted by atomic mass is 35.5. The second-order valence-corrected chi connectivity index (χ2v) is 7.27. The molecule has 1 aliphatic carbocycles. The lowest BCUT2D eigenvalue weighted by atomic mass is 9.70. The molecule has 1 saturated carbocycles. The van der Waals surface area contributed by atoms with Crippen molar-refractivity contribution in [3.05, 3.63) is 16.7 Å². The van der Waals surface area contributed by atoms with E-state index in [1.165, 1.54) is 0 Å². The molecule has 1 aliphatic rings. The molecule has 2 aromatic heterocycles. The number of aromatic amines is 1. The van der Waals surface area contributed by atoms with Crippen LogP contribution in [-0.2, 0) is 9.53 Å². The van der Waals surface area contributed by atoms with Gasteiger partial charge in [0.1, 0.15) is 0 Å². The van der Waals surface area contributed by atoms with Gasteiger partial charge in [0.25, 0.3) is 5.56 Å². The van der Waals surface area contributed by atoms with Crippen molar-refractivity contribution in [2.45, 2.75) is 25.3 Å². The van der Waals surface area contributed by atoms with E-state index in [1.54, 1.807) is 10.9 Å². The zero-order valence-electron chi connectivity index (χ0n) is 16.0. The van der Waals surface area contributed by atoms with E-state index in [0.29, 0.717) is 18.5 Å². The molecular weight excluding hydrogens is 388 g/mol. The fraction of sp³-hybridized carbons (Fsp3) is 0.647. The number of carbonyl (C=O) groups is 1. The van der Waals surface area contributed by atoms with Crippen molar-refractivity contribution in [1.29, 1.82) is 0 Å². The molecule has 3 rings (SSSR count). The van der Waals surface area contributed by atoms with E-state index < -0.39 is 0 Å². The van der Waals surface area contributed by atoms with Crippen molar-refractivity contribution in [3.63, 3.8) is 0 Å². The van der Waals surface area contributed by atoms with E-state index in [4.69, 9.17) is 10.5 Å². The van der Waals surface area contributed by atoms with Gasteiger partial charge >= 0.3 is 5.97 Å². The number of hydrogen-bond donors (Lipinski definition) is 3. The number of aliphatic hydroxyl groups is 1. The van der Waals surface area contributed by atoms with Crippen molar-refractivity contribution < 1.29 is 14.6 Å². The van der Waals surface area contributed by atoms with Crippen molar-refractivity contribution in [2.75, 3.05) is 39.6 Å². The van der Waals surface area contributed by atoms with Crippen molar-refractivity contribution in [2.24, 2.45) is 11.8 Å². The molecule has 0 bridgehead atoms. The van der Waals surface area contributed by atoms with Gasteiger partial charge in [0, 0.05) is 30.9 Å². The maximum absolute atomic E-state index is 11.9. The number of aliphatic hydroxyl groups excluding tert-OH is 1. The van der Waals surface area contributed by atoms with Gasteiger partial charge < -0.3 is 25.0 Å². The summed E-state index contributed by atoms with van der Waals surface area (Å²) in [5.74, 6) is -0.225. The number of aromatic nitrogens is 4. The topological polar surface area (TPSA) is 139 Å². The molecular formula is C17H27ClN6O4. The number of esters is 1. The SMILES string of the molecule is CN(C)CCCC(=O)OC[C@H]1C[C@@H](n2cnc3c(=O)[nH]c(N)nc32)[C@H]1CO.Cl. The zero-order valence-corrected chi connectivity index (χ0v) is 16.8. The second kappa shape index (κ2) is 9.35. The van der Waals surface area contributed by atoms with Crippen molar-refractivity contribution >= 4 is 35.5 Å². The summed E-state index contributed by atoms with van der Waals surface area (Å²) in [6.07, 6.45) is 3.39. The number of nitrogens with one attached hydrogen (secondary N) is 1. The number of rotatable bonds is 8. The number of ether oxygens (including phenoxy) is 1. The van der Waals surface area contributed by atoms with Gasteiger partial charge in [-0.1, -0.05) is 0 Å². The highest BCUT2D eigenvalue weighted by molar-refractivity contribution is 5.85. The van der Waals surface area contributed by atoms with Crippen LogP contribution in [0.15, 0.2) is 11.1 Å². The number of fused-ring (bicyclic) bond motifs is 1. The summed E-state index contributed by atoms with van der Waals surface area (Å²) in [5, 5.41) is 9.78. The zero-order chi connectivity index (χ0) is 19.6. The normalized spacial score (nSPS) is 21.4. The van der Waals surface area contributed by atoms with Crippen LogP contribution in [0.25, 0.3) is 11.2 Å². The maximum Gasteiger partial charge on any atom is 0.305 e. The minimum absolute atomic E-state index is 0. The molecule has 0 spiro atoms. The highest BCUT2D eigenvalue weighted by Crippen LogP contribution is 2.44. The number of nitrogens with two attached hydrogens (primary N) is 1. The molecule has 156 valence electrons. The number of nitrogens with zero attached hydrogens (tertiary/aromatic N) is 4. The molecule has 3 atom stereocenters. The van der Waals surface area contributed by atoms with E-state index in [2.05, 4.69) is 15.0 Å². The van der Waals surface area contributed by atoms with Gasteiger partial charge in [-0.2, -0.15) is 4.98 Å². The summed E-state index contributed by atoms with van der Waals surface area (Å²) in [6, 6.07) is -0.0638. The smallest absolute Gasteiger partial charge is 0.305 e. The summed E-state index contributed by atoms with van der Waals surface area (Å²) >= 11 is 0. The molecule has 0 amide bonds. The molecule has 4 N–H and O–H groups in total. The summed E-state index contributed by atoms with van der Waals surface area (Å²) in [6.45, 7) is 1.07. The van der Waals surface area contributed by atoms with Gasteiger partial charge in [0.15, 0.2) is 11.2 Å². The van der Waals surface area contributed by atoms with E-state index in [0.717, 1.165) is 13.0 Å². The average molecular weight is 415 g/mol. The van der Waals surface area contributed by atoms with Crippen LogP contribution in [0.5, 0.6) is 0 Å². The first kappa shape index (κ1) is 22.1. The van der Waals surface area contributed by atoms with Crippen LogP contribution in [-0.4, -0.2) is 69.3 Å². The quantitative estimate of drug-likeness (QED) is 0.519. The predicted molar refractivity (Wildman–Crippen MR) is 106 cm³/mol. The van der Waals surface area contributed by atoms with Gasteiger partial charge in [0.2, 0.25) is 5.95 Å². The lowest BCUT2D eigenvalue weighted by molar-refractivity contribution is -0.148. The van der Waals surface area contributed by atoms with Gasteiger partial charge in [-0.15, -0.1) is 12.4 Å². The minimum atomic E-state index is -0.390. The molecule has 0 saturated heterocycles. The van der Waals surface area contributed by atoms with E-state index >= 15 is 0 Å². The van der Waals surface area contributed by atoms with Gasteiger partial charge in [-0.05, 0) is 33.5 Å². The molecule has 0 radical (unpaired) electrons. The standard InChI is InChI=1S/C17H26N6O4.ClH/c1-22(2)5-3-4-13(25)27-8-10-6-12(11(10)7-24)23-9-19-14-15(23)20-17(18)21-16(14)26;/h9-12,24H,3-8H2,1-2H3,(H3,18,20,21,26);1H/t10-,11+,12-;/m1./s1. The molecule has 28 heavy (non-hydrogen) atoms. The largest absolute Gasteiger partial charge is 0.465 e. The Morgan fingerprint density at radius 2 is 2.25 bits per heavy atom. The molecule has 2 heterocycles. The van der Waals surface area contributed by atoms with Crippen LogP contribution in [0.4, 0.5) is 5.95 Å². The van der Waals surface area contributed by atoms with Crippen LogP contribution in [0.1, 0.15) is 25.3 Å². The number of H-pyrrole nitrogens is 1. The summed E-state index contributed by atoms with van der Waals surface area (Å²) < 4.78 is 7.14. The van der Waals surface area contributed by atoms with Crippen LogP contribution in [0.3, 0.4) is 0 Å². The van der Waals surface area contributed by atoms with Crippen molar-refractivity contribution in [1.82, 2.24) is 24.4 Å². The predicted octanol–water partition coefficient (Wildman–Crippen LogP) is 0.178. The first-order valence-electron chi connectivity index (χ1n) is 9.04. The fourth-order valence-corrected chi connectivity index (χ4v) is 3.56. The third-order valence-corrected chi connectivity index (χ3v) is 5.11.